The van der Waals surface area contributed by atoms with E-state index in [1.165, 1.54) is 29.2 Å². The van der Waals surface area contributed by atoms with Gasteiger partial charge in [0.1, 0.15) is 17.9 Å². The molecule has 208 valence electrons. The molecule has 0 spiro atoms. The molecule has 3 amide bonds. The van der Waals surface area contributed by atoms with Crippen LogP contribution < -0.4 is 10.2 Å². The minimum Gasteiger partial charge on any atom is -0.351 e. The second-order valence-corrected chi connectivity index (χ2v) is 10.4. The number of halogens is 4. The maximum Gasteiger partial charge on any atom is 0.252 e. The Morgan fingerprint density at radius 2 is 1.85 bits per heavy atom. The van der Waals surface area contributed by atoms with Crippen LogP contribution in [-0.2, 0) is 20.9 Å². The predicted molar refractivity (Wildman–Crippen MR) is 142 cm³/mol. The number of likely N-dealkylation sites (tertiary alicyclic amines) is 1. The van der Waals surface area contributed by atoms with Crippen LogP contribution in [0.2, 0.25) is 5.02 Å². The van der Waals surface area contributed by atoms with Crippen LogP contribution in [0.1, 0.15) is 43.0 Å². The Bertz CT molecular complexity index is 1420. The number of hydrogen-bond donors (Lipinski definition) is 1. The van der Waals surface area contributed by atoms with Crippen molar-refractivity contribution in [2.24, 2.45) is 0 Å². The summed E-state index contributed by atoms with van der Waals surface area (Å²) < 4.78 is 41.6. The number of anilines is 1. The van der Waals surface area contributed by atoms with Crippen molar-refractivity contribution in [2.75, 3.05) is 4.90 Å². The van der Waals surface area contributed by atoms with Crippen molar-refractivity contribution in [1.82, 2.24) is 15.2 Å². The molecule has 0 bridgehead atoms. The highest BCUT2D eigenvalue weighted by Crippen LogP contribution is 2.39. The maximum absolute atomic E-state index is 14.5. The fourth-order valence-electron chi connectivity index (χ4n) is 5.18. The molecule has 1 aliphatic carbocycles. The lowest BCUT2D eigenvalue weighted by Gasteiger charge is -2.39. The molecule has 2 aliphatic rings. The Morgan fingerprint density at radius 1 is 1.10 bits per heavy atom. The maximum atomic E-state index is 14.5. The number of pyridine rings is 1. The summed E-state index contributed by atoms with van der Waals surface area (Å²) in [7, 11) is 0. The first kappa shape index (κ1) is 27.6. The highest BCUT2D eigenvalue weighted by molar-refractivity contribution is 6.31. The number of amides is 3. The lowest BCUT2D eigenvalue weighted by molar-refractivity contribution is -0.136. The number of benzene rings is 2. The van der Waals surface area contributed by atoms with Gasteiger partial charge in [-0.05, 0) is 42.8 Å². The first-order valence-corrected chi connectivity index (χ1v) is 13.2. The minimum absolute atomic E-state index is 0.0566. The molecule has 40 heavy (non-hydrogen) atoms. The number of carbonyl (C=O) groups excluding carboxylic acids is 3. The highest BCUT2D eigenvalue weighted by Gasteiger charge is 2.48. The van der Waals surface area contributed by atoms with Crippen LogP contribution in [0.15, 0.2) is 72.9 Å². The molecular weight excluding hydrogens is 545 g/mol. The molecule has 2 atom stereocenters. The number of nitrogens with zero attached hydrogens (tertiary/aromatic N) is 3. The van der Waals surface area contributed by atoms with Gasteiger partial charge in [-0.2, -0.15) is 0 Å². The van der Waals surface area contributed by atoms with Gasteiger partial charge in [0.25, 0.3) is 11.8 Å². The molecule has 7 nitrogen and oxygen atoms in total. The Labute approximate surface area is 233 Å². The van der Waals surface area contributed by atoms with Crippen molar-refractivity contribution in [3.63, 3.8) is 0 Å². The fraction of sp³-hybridized carbons (Fsp3) is 0.310. The van der Waals surface area contributed by atoms with Crippen LogP contribution in [0.4, 0.5) is 18.9 Å². The second-order valence-electron chi connectivity index (χ2n) is 9.98. The number of nitrogens with one attached hydrogen (secondary N) is 1. The quantitative estimate of drug-likeness (QED) is 0.411. The van der Waals surface area contributed by atoms with E-state index in [4.69, 9.17) is 11.6 Å². The Kier molecular flexibility index (Phi) is 7.80. The van der Waals surface area contributed by atoms with Crippen molar-refractivity contribution < 1.29 is 27.6 Å². The summed E-state index contributed by atoms with van der Waals surface area (Å²) in [5.41, 5.74) is 0.853. The van der Waals surface area contributed by atoms with Gasteiger partial charge in [-0.25, -0.2) is 13.2 Å². The zero-order chi connectivity index (χ0) is 28.4. The van der Waals surface area contributed by atoms with Crippen LogP contribution in [0.25, 0.3) is 0 Å². The van der Waals surface area contributed by atoms with Crippen molar-refractivity contribution >= 4 is 35.0 Å². The van der Waals surface area contributed by atoms with Crippen molar-refractivity contribution in [3.05, 3.63) is 95.0 Å². The van der Waals surface area contributed by atoms with Gasteiger partial charge in [-0.15, -0.1) is 0 Å². The van der Waals surface area contributed by atoms with E-state index in [1.807, 2.05) is 0 Å². The van der Waals surface area contributed by atoms with Gasteiger partial charge >= 0.3 is 0 Å². The summed E-state index contributed by atoms with van der Waals surface area (Å²) >= 11 is 6.49. The predicted octanol–water partition coefficient (Wildman–Crippen LogP) is 5.05. The number of aromatic nitrogens is 1. The largest absolute Gasteiger partial charge is 0.351 e. The van der Waals surface area contributed by atoms with Crippen LogP contribution >= 0.6 is 11.6 Å². The van der Waals surface area contributed by atoms with Gasteiger partial charge in [0.2, 0.25) is 11.8 Å². The lowest BCUT2D eigenvalue weighted by Crippen LogP contribution is -2.56. The van der Waals surface area contributed by atoms with E-state index in [0.29, 0.717) is 5.69 Å². The third-order valence-electron chi connectivity index (χ3n) is 7.14. The molecule has 3 aromatic rings. The molecule has 2 fully saturated rings. The average Bonchev–Trinajstić information content (AvgIpc) is 3.26. The Hall–Kier alpha value is -3.92. The van der Waals surface area contributed by atoms with E-state index in [9.17, 15) is 27.6 Å². The molecule has 11 heteroatoms. The van der Waals surface area contributed by atoms with E-state index in [-0.39, 0.29) is 41.6 Å². The third kappa shape index (κ3) is 5.82. The number of alkyl halides is 2. The summed E-state index contributed by atoms with van der Waals surface area (Å²) in [5, 5.41) is 2.77. The molecule has 0 radical (unpaired) electrons. The molecule has 1 aromatic heterocycles. The van der Waals surface area contributed by atoms with Crippen molar-refractivity contribution in [1.29, 1.82) is 0 Å². The molecule has 1 aliphatic heterocycles. The molecule has 1 N–H and O–H groups in total. The number of hydrogen-bond acceptors (Lipinski definition) is 4. The monoisotopic (exact) mass is 570 g/mol. The second kappa shape index (κ2) is 11.3. The summed E-state index contributed by atoms with van der Waals surface area (Å²) in [6, 6.07) is 13.5. The third-order valence-corrected chi connectivity index (χ3v) is 7.48. The van der Waals surface area contributed by atoms with Crippen LogP contribution in [0.5, 0.6) is 0 Å². The van der Waals surface area contributed by atoms with E-state index < -0.39 is 54.5 Å². The van der Waals surface area contributed by atoms with Gasteiger partial charge in [0.05, 0.1) is 12.2 Å². The summed E-state index contributed by atoms with van der Waals surface area (Å²) in [4.78, 5) is 47.8. The van der Waals surface area contributed by atoms with Gasteiger partial charge < -0.3 is 10.2 Å². The number of carbonyl (C=O) groups is 3. The van der Waals surface area contributed by atoms with Crippen molar-refractivity contribution in [2.45, 2.75) is 56.3 Å². The number of rotatable bonds is 8. The molecule has 1 saturated carbocycles. The molecule has 1 saturated heterocycles. The molecule has 2 aromatic carbocycles. The summed E-state index contributed by atoms with van der Waals surface area (Å²) in [6.07, 6.45) is 0.781. The van der Waals surface area contributed by atoms with Crippen LogP contribution in [0.3, 0.4) is 0 Å². The molecular formula is C29H26ClF3N4O3. The van der Waals surface area contributed by atoms with Gasteiger partial charge in [0, 0.05) is 47.8 Å². The topological polar surface area (TPSA) is 82.6 Å². The van der Waals surface area contributed by atoms with Gasteiger partial charge in [0.15, 0.2) is 0 Å². The SMILES string of the molecule is O=C(NC1CC(F)(F)C1)C(c1ccccc1Cl)N(C(=O)C1CCC(=O)N1Cc1ccccn1)c1cccc(F)c1. The smallest absolute Gasteiger partial charge is 0.252 e. The first-order chi connectivity index (χ1) is 19.1. The summed E-state index contributed by atoms with van der Waals surface area (Å²) in [6.45, 7) is 0.0627. The lowest BCUT2D eigenvalue weighted by atomic mass is 9.87. The standard InChI is InChI=1S/C29H26ClF3N4O3/c30-23-10-2-1-9-22(23)26(27(39)35-20-15-29(32,33)16-20)37(21-8-5-6-18(31)14-21)28(40)24-11-12-25(38)36(24)17-19-7-3-4-13-34-19/h1-10,13-14,20,24,26H,11-12,15-17H2,(H,35,39). The van der Waals surface area contributed by atoms with Gasteiger partial charge in [-0.1, -0.05) is 41.9 Å². The Morgan fingerprint density at radius 3 is 2.52 bits per heavy atom. The van der Waals surface area contributed by atoms with Crippen LogP contribution in [-0.4, -0.2) is 45.6 Å². The molecule has 5 rings (SSSR count). The fourth-order valence-corrected chi connectivity index (χ4v) is 5.42. The normalized spacial score (nSPS) is 19.1. The Balaban J connectivity index is 1.56. The van der Waals surface area contributed by atoms with Crippen LogP contribution in [0, 0.1) is 5.82 Å². The summed E-state index contributed by atoms with van der Waals surface area (Å²) in [5.74, 6) is -5.18. The van der Waals surface area contributed by atoms with Crippen molar-refractivity contribution in [3.8, 4) is 0 Å². The zero-order valence-electron chi connectivity index (χ0n) is 21.3. The van der Waals surface area contributed by atoms with E-state index in [0.717, 1.165) is 11.0 Å². The zero-order valence-corrected chi connectivity index (χ0v) is 22.0. The minimum atomic E-state index is -2.88. The van der Waals surface area contributed by atoms with E-state index in [1.54, 1.807) is 42.6 Å². The molecule has 2 heterocycles. The van der Waals surface area contributed by atoms with Gasteiger partial charge in [-0.3, -0.25) is 24.3 Å². The first-order valence-electron chi connectivity index (χ1n) is 12.8. The average molecular weight is 571 g/mol. The van der Waals surface area contributed by atoms with E-state index >= 15 is 0 Å². The molecule has 2 unspecified atom stereocenters. The van der Waals surface area contributed by atoms with E-state index in [2.05, 4.69) is 10.3 Å². The highest BCUT2D eigenvalue weighted by atomic mass is 35.5.